The van der Waals surface area contributed by atoms with Crippen LogP contribution >= 0.6 is 0 Å². The summed E-state index contributed by atoms with van der Waals surface area (Å²) in [7, 11) is 0. The third kappa shape index (κ3) is 61.1. The lowest BCUT2D eigenvalue weighted by Crippen LogP contribution is -2.30. The number of unbranched alkanes of at least 4 members (excludes halogenated alkanes) is 31. The molecule has 0 bridgehead atoms. The van der Waals surface area contributed by atoms with Crippen molar-refractivity contribution in [3.63, 3.8) is 0 Å². The van der Waals surface area contributed by atoms with Gasteiger partial charge in [-0.15, -0.1) is 0 Å². The molecule has 0 spiro atoms. The smallest absolute Gasteiger partial charge is 0.310 e. The first-order valence-corrected chi connectivity index (χ1v) is 31.7. The number of hydrogen-bond donors (Lipinski definition) is 0. The second-order valence-corrected chi connectivity index (χ2v) is 20.9. The largest absolute Gasteiger partial charge is 0.462 e. The zero-order valence-electron chi connectivity index (χ0n) is 49.3. The summed E-state index contributed by atoms with van der Waals surface area (Å²) in [5.41, 5.74) is 0. The molecular formula is C69H118O6. The van der Waals surface area contributed by atoms with Gasteiger partial charge >= 0.3 is 17.9 Å². The van der Waals surface area contributed by atoms with Gasteiger partial charge in [0.2, 0.25) is 0 Å². The van der Waals surface area contributed by atoms with Gasteiger partial charge in [-0.2, -0.15) is 0 Å². The molecule has 6 heteroatoms. The Hall–Kier alpha value is -3.67. The maximum absolute atomic E-state index is 12.8. The van der Waals surface area contributed by atoms with Gasteiger partial charge in [0.1, 0.15) is 13.2 Å². The number of esters is 3. The summed E-state index contributed by atoms with van der Waals surface area (Å²) in [6.07, 6.45) is 84.6. The Balaban J connectivity index is 4.26. The van der Waals surface area contributed by atoms with Crippen molar-refractivity contribution in [3.8, 4) is 0 Å². The average molecular weight is 1040 g/mol. The van der Waals surface area contributed by atoms with Gasteiger partial charge in [0.05, 0.1) is 6.42 Å². The highest BCUT2D eigenvalue weighted by molar-refractivity contribution is 5.72. The molecule has 1 unspecified atom stereocenters. The first-order chi connectivity index (χ1) is 37.0. The first-order valence-electron chi connectivity index (χ1n) is 31.7. The number of allylic oxidation sites excluding steroid dienone is 15. The minimum Gasteiger partial charge on any atom is -0.462 e. The molecule has 0 aromatic carbocycles. The topological polar surface area (TPSA) is 78.9 Å². The van der Waals surface area contributed by atoms with E-state index < -0.39 is 12.1 Å². The summed E-state index contributed by atoms with van der Waals surface area (Å²) in [4.78, 5) is 38.1. The normalized spacial score (nSPS) is 12.7. The van der Waals surface area contributed by atoms with E-state index in [-0.39, 0.29) is 31.6 Å². The molecule has 0 aliphatic carbocycles. The summed E-state index contributed by atoms with van der Waals surface area (Å²) in [6.45, 7) is 6.38. The molecule has 0 fully saturated rings. The third-order valence-corrected chi connectivity index (χ3v) is 13.6. The van der Waals surface area contributed by atoms with Crippen LogP contribution in [-0.2, 0) is 28.6 Å². The summed E-state index contributed by atoms with van der Waals surface area (Å²) >= 11 is 0. The summed E-state index contributed by atoms with van der Waals surface area (Å²) in [5, 5.41) is 0. The van der Waals surface area contributed by atoms with Gasteiger partial charge in [-0.3, -0.25) is 14.4 Å². The summed E-state index contributed by atoms with van der Waals surface area (Å²) in [6, 6.07) is 0. The molecule has 0 saturated carbocycles. The minimum atomic E-state index is -0.838. The standard InChI is InChI=1S/C69H118O6/c1-4-7-10-13-16-19-22-25-27-28-29-30-31-32-33-34-35-36-37-38-39-40-42-44-47-50-53-56-59-62-68(71)74-65-66(64-73-67(70)61-58-55-52-49-46-43-24-21-18-15-12-9-6-3)75-69(72)63-60-57-54-51-48-45-41-26-23-20-17-14-11-8-5-2/h8,11-12,15,17,20-21,24,26,28-29,41,48,51,57,60,66H,4-7,9-10,13-14,16,18-19,22-23,25,27,30-40,42-47,49-50,52-56,58-59,61-65H2,1-3H3/b11-8-,15-12-,20-17-,24-21-,29-28-,41-26-,51-48-,60-57-. The molecule has 0 N–H and O–H groups in total. The molecule has 0 aliphatic rings. The van der Waals surface area contributed by atoms with Crippen molar-refractivity contribution < 1.29 is 28.6 Å². The molecule has 75 heavy (non-hydrogen) atoms. The number of hydrogen-bond acceptors (Lipinski definition) is 6. The SMILES string of the molecule is CC/C=C\C/C=C\C/C=C\C/C=C\C/C=C\CC(=O)OC(COC(=O)CCCCCCC/C=C\C/C=C\CCC)COC(=O)CCCCCCCCCCCCCCCCCCC/C=C\CCCCCCCCCC. The van der Waals surface area contributed by atoms with E-state index in [1.807, 2.05) is 6.08 Å². The molecule has 0 aromatic heterocycles. The fourth-order valence-electron chi connectivity index (χ4n) is 8.85. The van der Waals surface area contributed by atoms with Gasteiger partial charge < -0.3 is 14.2 Å². The molecule has 0 amide bonds. The van der Waals surface area contributed by atoms with Gasteiger partial charge in [0.15, 0.2) is 6.10 Å². The van der Waals surface area contributed by atoms with Gasteiger partial charge in [-0.05, 0) is 96.3 Å². The van der Waals surface area contributed by atoms with Crippen LogP contribution in [0.15, 0.2) is 97.2 Å². The highest BCUT2D eigenvalue weighted by atomic mass is 16.6. The van der Waals surface area contributed by atoms with E-state index in [0.717, 1.165) is 103 Å². The maximum atomic E-state index is 12.8. The lowest BCUT2D eigenvalue weighted by atomic mass is 10.0. The van der Waals surface area contributed by atoms with Crippen LogP contribution in [0.1, 0.15) is 303 Å². The highest BCUT2D eigenvalue weighted by Gasteiger charge is 2.19. The van der Waals surface area contributed by atoms with Crippen molar-refractivity contribution in [2.24, 2.45) is 0 Å². The van der Waals surface area contributed by atoms with Crippen molar-refractivity contribution in [3.05, 3.63) is 97.2 Å². The van der Waals surface area contributed by atoms with E-state index in [2.05, 4.69) is 106 Å². The Morgan fingerprint density at radius 1 is 0.293 bits per heavy atom. The molecule has 0 radical (unpaired) electrons. The Kier molecular flexibility index (Phi) is 59.8. The van der Waals surface area contributed by atoms with E-state index in [0.29, 0.717) is 12.8 Å². The Bertz CT molecular complexity index is 1480. The first kappa shape index (κ1) is 71.3. The van der Waals surface area contributed by atoms with Crippen molar-refractivity contribution in [1.82, 2.24) is 0 Å². The summed E-state index contributed by atoms with van der Waals surface area (Å²) < 4.78 is 16.8. The molecule has 1 atom stereocenters. The van der Waals surface area contributed by atoms with Crippen LogP contribution in [0.5, 0.6) is 0 Å². The average Bonchev–Trinajstić information content (AvgIpc) is 3.41. The predicted molar refractivity (Wildman–Crippen MR) is 325 cm³/mol. The molecule has 430 valence electrons. The fourth-order valence-corrected chi connectivity index (χ4v) is 8.85. The van der Waals surface area contributed by atoms with Crippen LogP contribution in [0.25, 0.3) is 0 Å². The van der Waals surface area contributed by atoms with Crippen LogP contribution in [0.2, 0.25) is 0 Å². The molecule has 0 heterocycles. The fraction of sp³-hybridized carbons (Fsp3) is 0.725. The maximum Gasteiger partial charge on any atom is 0.310 e. The van der Waals surface area contributed by atoms with E-state index >= 15 is 0 Å². The summed E-state index contributed by atoms with van der Waals surface area (Å²) in [5.74, 6) is -1.06. The second kappa shape index (κ2) is 62.9. The van der Waals surface area contributed by atoms with E-state index in [9.17, 15) is 14.4 Å². The van der Waals surface area contributed by atoms with Gasteiger partial charge in [0.25, 0.3) is 0 Å². The van der Waals surface area contributed by atoms with E-state index in [1.165, 1.54) is 161 Å². The zero-order valence-corrected chi connectivity index (χ0v) is 49.3. The minimum absolute atomic E-state index is 0.0933. The van der Waals surface area contributed by atoms with Crippen molar-refractivity contribution in [2.75, 3.05) is 13.2 Å². The Labute approximate surface area is 464 Å². The molecule has 0 aliphatic heterocycles. The Morgan fingerprint density at radius 2 is 0.587 bits per heavy atom. The van der Waals surface area contributed by atoms with Crippen molar-refractivity contribution in [1.29, 1.82) is 0 Å². The van der Waals surface area contributed by atoms with Crippen LogP contribution in [0, 0.1) is 0 Å². The monoisotopic (exact) mass is 1040 g/mol. The zero-order chi connectivity index (χ0) is 54.3. The van der Waals surface area contributed by atoms with Gasteiger partial charge in [-0.25, -0.2) is 0 Å². The lowest BCUT2D eigenvalue weighted by molar-refractivity contribution is -0.166. The quantitative estimate of drug-likeness (QED) is 0.0261. The van der Waals surface area contributed by atoms with Crippen molar-refractivity contribution in [2.45, 2.75) is 309 Å². The molecular weight excluding hydrogens is 925 g/mol. The molecule has 0 aromatic rings. The van der Waals surface area contributed by atoms with E-state index in [1.54, 1.807) is 6.08 Å². The van der Waals surface area contributed by atoms with Crippen molar-refractivity contribution >= 4 is 17.9 Å². The third-order valence-electron chi connectivity index (χ3n) is 13.6. The molecule has 6 nitrogen and oxygen atoms in total. The van der Waals surface area contributed by atoms with Crippen LogP contribution in [0.4, 0.5) is 0 Å². The number of rotatable bonds is 57. The van der Waals surface area contributed by atoms with Gasteiger partial charge in [0, 0.05) is 12.8 Å². The van der Waals surface area contributed by atoms with Gasteiger partial charge in [-0.1, -0.05) is 285 Å². The molecule has 0 saturated heterocycles. The number of carbonyl (C=O) groups excluding carboxylic acids is 3. The second-order valence-electron chi connectivity index (χ2n) is 20.9. The lowest BCUT2D eigenvalue weighted by Gasteiger charge is -2.18. The number of carbonyl (C=O) groups is 3. The van der Waals surface area contributed by atoms with Crippen LogP contribution < -0.4 is 0 Å². The number of ether oxygens (including phenoxy) is 3. The van der Waals surface area contributed by atoms with Crippen LogP contribution in [-0.4, -0.2) is 37.2 Å². The van der Waals surface area contributed by atoms with Crippen LogP contribution in [0.3, 0.4) is 0 Å². The predicted octanol–water partition coefficient (Wildman–Crippen LogP) is 21.7. The Morgan fingerprint density at radius 3 is 0.947 bits per heavy atom. The molecule has 0 rings (SSSR count). The highest BCUT2D eigenvalue weighted by Crippen LogP contribution is 2.16. The van der Waals surface area contributed by atoms with E-state index in [4.69, 9.17) is 14.2 Å².